The molecule has 0 unspecified atom stereocenters. The first-order valence-electron chi connectivity index (χ1n) is 5.67. The molecular weight excluding hydrogens is 422 g/mol. The van der Waals surface area contributed by atoms with Crippen molar-refractivity contribution in [3.8, 4) is 11.1 Å². The molecule has 0 fully saturated rings. The SMILES string of the molecule is O=S(=O)(O)c1c(F)c(F)c(F)c(-c2c(F)c(F)c(F)c(F)c2F)c1F.[AlH3]. The molecule has 0 aliphatic carbocycles. The monoisotopic (exact) mass is 426 g/mol. The summed E-state index contributed by atoms with van der Waals surface area (Å²) in [5.74, 6) is -25.0. The first-order valence-corrected chi connectivity index (χ1v) is 7.11. The number of rotatable bonds is 2. The zero-order chi connectivity index (χ0) is 19.4. The van der Waals surface area contributed by atoms with Gasteiger partial charge in [0.05, 0.1) is 11.1 Å². The Morgan fingerprint density at radius 3 is 1.12 bits per heavy atom. The van der Waals surface area contributed by atoms with Gasteiger partial charge >= 0.3 is 10.1 Å². The average molecular weight is 426 g/mol. The lowest BCUT2D eigenvalue weighted by molar-refractivity contribution is 0.377. The fraction of sp³-hybridized carbons (Fsp3) is 0. The van der Waals surface area contributed by atoms with Gasteiger partial charge in [-0.15, -0.1) is 0 Å². The Morgan fingerprint density at radius 1 is 0.500 bits per heavy atom. The summed E-state index contributed by atoms with van der Waals surface area (Å²) in [6, 6.07) is 0. The standard InChI is InChI=1S/C12HF9O3S.Al.3H/c13-3-1(4(14)8(18)10(20)7(3)17)2-5(15)9(19)11(21)12(6(2)16)25(22,23)24;;;;/h(H,22,23,24);;;;. The summed E-state index contributed by atoms with van der Waals surface area (Å²) in [5.41, 5.74) is -4.81. The Hall–Kier alpha value is -1.75. The van der Waals surface area contributed by atoms with E-state index in [1.165, 1.54) is 0 Å². The van der Waals surface area contributed by atoms with Gasteiger partial charge in [-0.2, -0.15) is 8.42 Å². The molecule has 0 amide bonds. The highest BCUT2D eigenvalue weighted by atomic mass is 32.2. The van der Waals surface area contributed by atoms with E-state index >= 15 is 0 Å². The van der Waals surface area contributed by atoms with Crippen molar-refractivity contribution in [2.24, 2.45) is 0 Å². The van der Waals surface area contributed by atoms with Gasteiger partial charge in [-0.05, 0) is 0 Å². The lowest BCUT2D eigenvalue weighted by Crippen LogP contribution is -2.13. The second kappa shape index (κ2) is 7.11. The van der Waals surface area contributed by atoms with Crippen LogP contribution in [0, 0.1) is 52.4 Å². The van der Waals surface area contributed by atoms with E-state index in [4.69, 9.17) is 4.55 Å². The van der Waals surface area contributed by atoms with Gasteiger partial charge in [0, 0.05) is 0 Å². The third-order valence-corrected chi connectivity index (χ3v) is 3.82. The molecule has 2 aromatic carbocycles. The molecule has 0 radical (unpaired) electrons. The Bertz CT molecular complexity index is 995. The van der Waals surface area contributed by atoms with Crippen LogP contribution in [0.5, 0.6) is 0 Å². The molecule has 0 atom stereocenters. The fourth-order valence-corrected chi connectivity index (χ4v) is 2.53. The molecular formula is C12H4AlF9O3S. The van der Waals surface area contributed by atoms with E-state index in [9.17, 15) is 47.9 Å². The van der Waals surface area contributed by atoms with Gasteiger partial charge in [0.15, 0.2) is 68.8 Å². The van der Waals surface area contributed by atoms with Gasteiger partial charge in [0.2, 0.25) is 5.82 Å². The summed E-state index contributed by atoms with van der Waals surface area (Å²) >= 11 is 0. The molecule has 0 aliphatic rings. The van der Waals surface area contributed by atoms with E-state index in [-0.39, 0.29) is 17.4 Å². The lowest BCUT2D eigenvalue weighted by Gasteiger charge is -2.13. The van der Waals surface area contributed by atoms with Gasteiger partial charge in [-0.25, -0.2) is 39.5 Å². The van der Waals surface area contributed by atoms with Crippen molar-refractivity contribution in [3.63, 3.8) is 0 Å². The van der Waals surface area contributed by atoms with Crippen molar-refractivity contribution < 1.29 is 52.5 Å². The second-order valence-electron chi connectivity index (χ2n) is 4.38. The molecule has 14 heteroatoms. The molecule has 0 bridgehead atoms. The Balaban J connectivity index is 0.00000338. The lowest BCUT2D eigenvalue weighted by atomic mass is 10.0. The van der Waals surface area contributed by atoms with Gasteiger partial charge in [-0.3, -0.25) is 4.55 Å². The molecule has 3 nitrogen and oxygen atoms in total. The van der Waals surface area contributed by atoms with Crippen LogP contribution >= 0.6 is 0 Å². The zero-order valence-corrected chi connectivity index (χ0v) is 11.9. The number of halogens is 9. The van der Waals surface area contributed by atoms with E-state index in [0.717, 1.165) is 0 Å². The largest absolute Gasteiger partial charge is 0.300 e. The molecule has 0 heterocycles. The van der Waals surface area contributed by atoms with Gasteiger partial charge in [-0.1, -0.05) is 0 Å². The van der Waals surface area contributed by atoms with Crippen molar-refractivity contribution in [1.82, 2.24) is 0 Å². The van der Waals surface area contributed by atoms with E-state index in [2.05, 4.69) is 0 Å². The highest BCUT2D eigenvalue weighted by Gasteiger charge is 2.37. The van der Waals surface area contributed by atoms with Crippen LogP contribution in [0.4, 0.5) is 39.5 Å². The van der Waals surface area contributed by atoms with E-state index in [1.54, 1.807) is 0 Å². The molecule has 0 aliphatic heterocycles. The zero-order valence-electron chi connectivity index (χ0n) is 11.1. The summed E-state index contributed by atoms with van der Waals surface area (Å²) in [7, 11) is -5.95. The van der Waals surface area contributed by atoms with Crippen LogP contribution in [-0.4, -0.2) is 30.3 Å². The van der Waals surface area contributed by atoms with Crippen LogP contribution in [0.15, 0.2) is 4.90 Å². The summed E-state index contributed by atoms with van der Waals surface area (Å²) in [6.07, 6.45) is 0. The smallest absolute Gasteiger partial charge is 0.282 e. The second-order valence-corrected chi connectivity index (χ2v) is 5.74. The first kappa shape index (κ1) is 22.3. The topological polar surface area (TPSA) is 54.4 Å². The molecule has 142 valence electrons. The highest BCUT2D eigenvalue weighted by molar-refractivity contribution is 7.85. The van der Waals surface area contributed by atoms with Gasteiger partial charge in [0.1, 0.15) is 0 Å². The predicted octanol–water partition coefficient (Wildman–Crippen LogP) is 2.67. The third-order valence-electron chi connectivity index (χ3n) is 2.94. The molecule has 0 saturated carbocycles. The van der Waals surface area contributed by atoms with Crippen LogP contribution in [0.25, 0.3) is 11.1 Å². The van der Waals surface area contributed by atoms with Crippen LogP contribution in [0.1, 0.15) is 0 Å². The van der Waals surface area contributed by atoms with E-state index < -0.39 is 78.5 Å². The molecule has 0 aromatic heterocycles. The van der Waals surface area contributed by atoms with Gasteiger partial charge < -0.3 is 0 Å². The minimum Gasteiger partial charge on any atom is -0.282 e. The molecule has 0 saturated heterocycles. The normalized spacial score (nSPS) is 11.5. The van der Waals surface area contributed by atoms with Crippen LogP contribution < -0.4 is 0 Å². The Kier molecular flexibility index (Phi) is 6.09. The van der Waals surface area contributed by atoms with Crippen LogP contribution in [0.3, 0.4) is 0 Å². The summed E-state index contributed by atoms with van der Waals surface area (Å²) in [5, 5.41) is 0. The number of benzene rings is 2. The molecule has 2 rings (SSSR count). The minimum atomic E-state index is -5.95. The summed E-state index contributed by atoms with van der Waals surface area (Å²) in [4.78, 5) is -2.58. The third kappa shape index (κ3) is 3.18. The van der Waals surface area contributed by atoms with Gasteiger partial charge in [0.25, 0.3) is 0 Å². The first-order chi connectivity index (χ1) is 11.3. The van der Waals surface area contributed by atoms with Crippen molar-refractivity contribution in [1.29, 1.82) is 0 Å². The van der Waals surface area contributed by atoms with Crippen molar-refractivity contribution >= 4 is 27.5 Å². The Labute approximate surface area is 148 Å². The molecule has 0 spiro atoms. The van der Waals surface area contributed by atoms with Crippen LogP contribution in [0.2, 0.25) is 0 Å². The highest BCUT2D eigenvalue weighted by Crippen LogP contribution is 2.38. The summed E-state index contributed by atoms with van der Waals surface area (Å²) in [6.45, 7) is 0. The van der Waals surface area contributed by atoms with Crippen LogP contribution in [-0.2, 0) is 10.1 Å². The maximum atomic E-state index is 14.0. The fourth-order valence-electron chi connectivity index (χ4n) is 1.88. The average Bonchev–Trinajstić information content (AvgIpc) is 2.51. The Morgan fingerprint density at radius 2 is 0.769 bits per heavy atom. The number of hydrogen-bond acceptors (Lipinski definition) is 2. The molecule has 2 aromatic rings. The quantitative estimate of drug-likeness (QED) is 0.264. The van der Waals surface area contributed by atoms with Crippen molar-refractivity contribution in [3.05, 3.63) is 52.4 Å². The van der Waals surface area contributed by atoms with Crippen molar-refractivity contribution in [2.45, 2.75) is 4.90 Å². The van der Waals surface area contributed by atoms with E-state index in [0.29, 0.717) is 0 Å². The molecule has 26 heavy (non-hydrogen) atoms. The minimum absolute atomic E-state index is 0. The van der Waals surface area contributed by atoms with E-state index in [1.807, 2.05) is 0 Å². The molecule has 1 N–H and O–H groups in total. The maximum absolute atomic E-state index is 14.0. The number of hydrogen-bond donors (Lipinski definition) is 1. The van der Waals surface area contributed by atoms with Crippen molar-refractivity contribution in [2.75, 3.05) is 0 Å². The summed E-state index contributed by atoms with van der Waals surface area (Å²) < 4.78 is 151. The maximum Gasteiger partial charge on any atom is 0.300 e. The predicted molar refractivity (Wildman–Crippen MR) is 71.3 cm³/mol.